The van der Waals surface area contributed by atoms with Crippen LogP contribution in [-0.2, 0) is 5.41 Å². The van der Waals surface area contributed by atoms with E-state index in [2.05, 4.69) is 152 Å². The third-order valence-electron chi connectivity index (χ3n) is 13.4. The number of hydrogen-bond acceptors (Lipinski definition) is 5. The summed E-state index contributed by atoms with van der Waals surface area (Å²) in [4.78, 5) is 15.4. The number of benzene rings is 9. The Kier molecular flexibility index (Phi) is 6.97. The molecule has 0 unspecified atom stereocenters. The van der Waals surface area contributed by atoms with E-state index in [-0.39, 0.29) is 0 Å². The smallest absolute Gasteiger partial charge is 0.164 e. The zero-order valence-corrected chi connectivity index (χ0v) is 33.7. The van der Waals surface area contributed by atoms with Crippen LogP contribution in [0.3, 0.4) is 0 Å². The molecule has 3 aromatic heterocycles. The van der Waals surface area contributed by atoms with Gasteiger partial charge in [0.05, 0.1) is 5.41 Å². The summed E-state index contributed by atoms with van der Waals surface area (Å²) in [5, 5.41) is 4.26. The van der Waals surface area contributed by atoms with E-state index in [0.717, 1.165) is 66.1 Å². The molecule has 0 amide bonds. The van der Waals surface area contributed by atoms with Crippen molar-refractivity contribution in [3.63, 3.8) is 0 Å². The second-order valence-corrected chi connectivity index (χ2v) is 16.6. The van der Waals surface area contributed by atoms with Crippen LogP contribution in [0.25, 0.3) is 111 Å². The topological polar surface area (TPSA) is 65.0 Å². The lowest BCUT2D eigenvalue weighted by molar-refractivity contribution is 0.668. The summed E-state index contributed by atoms with van der Waals surface area (Å²) < 4.78 is 12.6. The quantitative estimate of drug-likeness (QED) is 0.177. The molecule has 14 rings (SSSR count). The van der Waals surface area contributed by atoms with E-state index in [0.29, 0.717) is 17.5 Å². The van der Waals surface area contributed by atoms with Crippen LogP contribution in [0.4, 0.5) is 0 Å². The Morgan fingerprint density at radius 2 is 0.683 bits per heavy atom. The van der Waals surface area contributed by atoms with Crippen LogP contribution in [0.2, 0.25) is 0 Å². The number of fused-ring (bicyclic) bond motifs is 16. The second-order valence-electron chi connectivity index (χ2n) is 16.6. The van der Waals surface area contributed by atoms with Crippen LogP contribution in [0.15, 0.2) is 209 Å². The van der Waals surface area contributed by atoms with Crippen molar-refractivity contribution in [3.05, 3.63) is 222 Å². The summed E-state index contributed by atoms with van der Waals surface area (Å²) in [5.74, 6) is 1.70. The Morgan fingerprint density at radius 3 is 1.25 bits per heavy atom. The van der Waals surface area contributed by atoms with Crippen molar-refractivity contribution in [2.45, 2.75) is 5.41 Å². The van der Waals surface area contributed by atoms with Crippen molar-refractivity contribution in [2.75, 3.05) is 0 Å². The van der Waals surface area contributed by atoms with Crippen molar-refractivity contribution >= 4 is 43.9 Å². The van der Waals surface area contributed by atoms with E-state index in [1.54, 1.807) is 0 Å². The standard InChI is InChI=1S/C58H33N3O2/c1-6-18-46-39(12-1)40-13-2-7-19-47(40)58(46)48-20-8-3-16-45(48)54-38(17-11-21-49(54)58)34-24-26-35(27-25-34)55-59-56(36-28-30-43-41-14-4-9-22-50(41)62-52(43)32-36)61-57(60-55)37-29-31-44-42-15-5-10-23-51(42)63-53(44)33-37/h1-33H. The highest BCUT2D eigenvalue weighted by Gasteiger charge is 2.51. The maximum absolute atomic E-state index is 6.31. The fourth-order valence-electron chi connectivity index (χ4n) is 10.7. The van der Waals surface area contributed by atoms with Crippen LogP contribution in [0.5, 0.6) is 0 Å². The van der Waals surface area contributed by atoms with Crippen molar-refractivity contribution in [1.29, 1.82) is 0 Å². The average Bonchev–Trinajstić information content (AvgIpc) is 4.09. The maximum Gasteiger partial charge on any atom is 0.164 e. The fraction of sp³-hybridized carbons (Fsp3) is 0.0172. The molecule has 2 aliphatic carbocycles. The fourth-order valence-corrected chi connectivity index (χ4v) is 10.7. The number of rotatable bonds is 4. The van der Waals surface area contributed by atoms with Crippen molar-refractivity contribution in [2.24, 2.45) is 0 Å². The SMILES string of the molecule is c1ccc2c(c1)-c1ccccc1C21c2ccccc2-c2c(-c3ccc(-c4nc(-c5ccc6c(c5)oc5ccccc56)nc(-c5ccc6c(c5)oc5ccccc56)n4)cc3)cccc21. The molecule has 63 heavy (non-hydrogen) atoms. The molecule has 0 fully saturated rings. The average molecular weight is 804 g/mol. The van der Waals surface area contributed by atoms with E-state index >= 15 is 0 Å². The Morgan fingerprint density at radius 1 is 0.286 bits per heavy atom. The van der Waals surface area contributed by atoms with Gasteiger partial charge in [0, 0.05) is 38.2 Å². The first kappa shape index (κ1) is 34.3. The minimum Gasteiger partial charge on any atom is -0.456 e. The van der Waals surface area contributed by atoms with Gasteiger partial charge >= 0.3 is 0 Å². The van der Waals surface area contributed by atoms with Gasteiger partial charge in [-0.05, 0) is 92.0 Å². The van der Waals surface area contributed by atoms with Crippen molar-refractivity contribution in [1.82, 2.24) is 15.0 Å². The van der Waals surface area contributed by atoms with E-state index < -0.39 is 5.41 Å². The number of furan rings is 2. The molecule has 1 spiro atoms. The molecule has 12 aromatic rings. The number of aromatic nitrogens is 3. The molecule has 0 radical (unpaired) electrons. The highest BCUT2D eigenvalue weighted by atomic mass is 16.3. The number of hydrogen-bond donors (Lipinski definition) is 0. The van der Waals surface area contributed by atoms with Gasteiger partial charge < -0.3 is 8.83 Å². The molecule has 3 heterocycles. The Hall–Kier alpha value is -8.41. The van der Waals surface area contributed by atoms with E-state index in [9.17, 15) is 0 Å². The molecule has 2 aliphatic rings. The first-order valence-corrected chi connectivity index (χ1v) is 21.3. The lowest BCUT2D eigenvalue weighted by Crippen LogP contribution is -2.25. The van der Waals surface area contributed by atoms with Crippen molar-refractivity contribution in [3.8, 4) is 67.5 Å². The van der Waals surface area contributed by atoms with Crippen LogP contribution in [0, 0.1) is 0 Å². The normalized spacial score (nSPS) is 13.2. The molecule has 0 atom stereocenters. The third-order valence-corrected chi connectivity index (χ3v) is 13.4. The van der Waals surface area contributed by atoms with Crippen LogP contribution in [0.1, 0.15) is 22.3 Å². The second kappa shape index (κ2) is 12.8. The van der Waals surface area contributed by atoms with Gasteiger partial charge in [-0.15, -0.1) is 0 Å². The lowest BCUT2D eigenvalue weighted by atomic mass is 9.70. The zero-order chi connectivity index (χ0) is 41.2. The molecule has 292 valence electrons. The number of para-hydroxylation sites is 2. The Labute approximate surface area is 361 Å². The molecule has 9 aromatic carbocycles. The minimum atomic E-state index is -0.399. The minimum absolute atomic E-state index is 0.399. The first-order chi connectivity index (χ1) is 31.2. The van der Waals surface area contributed by atoms with E-state index in [1.165, 1.54) is 50.1 Å². The van der Waals surface area contributed by atoms with Gasteiger partial charge in [-0.1, -0.05) is 164 Å². The van der Waals surface area contributed by atoms with Gasteiger partial charge in [-0.2, -0.15) is 0 Å². The summed E-state index contributed by atoms with van der Waals surface area (Å²) in [5.41, 5.74) is 18.2. The predicted octanol–water partition coefficient (Wildman–Crippen LogP) is 14.7. The molecule has 5 heteroatoms. The third kappa shape index (κ3) is 4.79. The summed E-state index contributed by atoms with van der Waals surface area (Å²) in [6.45, 7) is 0. The molecule has 0 saturated heterocycles. The largest absolute Gasteiger partial charge is 0.456 e. The van der Waals surface area contributed by atoms with Gasteiger partial charge in [0.2, 0.25) is 0 Å². The summed E-state index contributed by atoms with van der Waals surface area (Å²) in [7, 11) is 0. The molecule has 0 bridgehead atoms. The molecule has 0 N–H and O–H groups in total. The molecular weight excluding hydrogens is 771 g/mol. The summed E-state index contributed by atoms with van der Waals surface area (Å²) >= 11 is 0. The molecular formula is C58H33N3O2. The molecule has 0 saturated carbocycles. The van der Waals surface area contributed by atoms with Gasteiger partial charge in [0.25, 0.3) is 0 Å². The van der Waals surface area contributed by atoms with Gasteiger partial charge in [-0.3, -0.25) is 0 Å². The lowest BCUT2D eigenvalue weighted by Gasteiger charge is -2.30. The number of nitrogens with zero attached hydrogens (tertiary/aromatic N) is 3. The molecule has 0 aliphatic heterocycles. The molecule has 5 nitrogen and oxygen atoms in total. The first-order valence-electron chi connectivity index (χ1n) is 21.3. The Bertz CT molecular complexity index is 3700. The Balaban J connectivity index is 0.920. The van der Waals surface area contributed by atoms with Gasteiger partial charge in [0.1, 0.15) is 22.3 Å². The highest BCUT2D eigenvalue weighted by molar-refractivity contribution is 6.07. The van der Waals surface area contributed by atoms with E-state index in [1.807, 2.05) is 48.5 Å². The van der Waals surface area contributed by atoms with Crippen LogP contribution < -0.4 is 0 Å². The van der Waals surface area contributed by atoms with Crippen LogP contribution in [-0.4, -0.2) is 15.0 Å². The predicted molar refractivity (Wildman–Crippen MR) is 252 cm³/mol. The highest BCUT2D eigenvalue weighted by Crippen LogP contribution is 2.64. The van der Waals surface area contributed by atoms with E-state index in [4.69, 9.17) is 23.8 Å². The van der Waals surface area contributed by atoms with Crippen molar-refractivity contribution < 1.29 is 8.83 Å². The van der Waals surface area contributed by atoms with Gasteiger partial charge in [0.15, 0.2) is 17.5 Å². The van der Waals surface area contributed by atoms with Crippen LogP contribution >= 0.6 is 0 Å². The maximum atomic E-state index is 6.31. The zero-order valence-electron chi connectivity index (χ0n) is 33.7. The van der Waals surface area contributed by atoms with Gasteiger partial charge in [-0.25, -0.2) is 15.0 Å². The monoisotopic (exact) mass is 803 g/mol. The summed E-state index contributed by atoms with van der Waals surface area (Å²) in [6.07, 6.45) is 0. The summed E-state index contributed by atoms with van der Waals surface area (Å²) in [6, 6.07) is 71.0.